The highest BCUT2D eigenvalue weighted by atomic mass is 16.3. The fourth-order valence-electron chi connectivity index (χ4n) is 1.86. The van der Waals surface area contributed by atoms with E-state index in [4.69, 9.17) is 10.2 Å². The molecule has 0 saturated heterocycles. The maximum Gasteiger partial charge on any atom is 0.253 e. The lowest BCUT2D eigenvalue weighted by molar-refractivity contribution is -0.121. The Labute approximate surface area is 134 Å². The first kappa shape index (κ1) is 16.2. The van der Waals surface area contributed by atoms with Crippen molar-refractivity contribution in [3.05, 3.63) is 71.8 Å². The van der Waals surface area contributed by atoms with Gasteiger partial charge in [0.2, 0.25) is 0 Å². The lowest BCUT2D eigenvalue weighted by Gasteiger charge is -1.94. The Balaban J connectivity index is 1.88. The summed E-state index contributed by atoms with van der Waals surface area (Å²) < 4.78 is 0. The minimum Gasteiger partial charge on any atom is -0.593 e. The molecule has 0 saturated carbocycles. The predicted molar refractivity (Wildman–Crippen MR) is 91.7 cm³/mol. The van der Waals surface area contributed by atoms with Crippen molar-refractivity contribution in [1.82, 2.24) is 0 Å². The number of ketones is 2. The van der Waals surface area contributed by atoms with E-state index in [1.165, 1.54) is 12.2 Å². The van der Waals surface area contributed by atoms with Gasteiger partial charge in [-0.15, -0.1) is 0 Å². The van der Waals surface area contributed by atoms with E-state index in [0.717, 1.165) is 11.1 Å². The molecular formula is C19H18O4+2. The molecule has 2 aromatic carbocycles. The smallest absolute Gasteiger partial charge is 0.253 e. The van der Waals surface area contributed by atoms with Gasteiger partial charge in [0.25, 0.3) is 11.5 Å². The fourth-order valence-corrected chi connectivity index (χ4v) is 1.86. The van der Waals surface area contributed by atoms with Crippen LogP contribution >= 0.6 is 0 Å². The molecule has 0 aliphatic heterocycles. The zero-order chi connectivity index (χ0) is 16.7. The van der Waals surface area contributed by atoms with Crippen molar-refractivity contribution >= 4 is 23.7 Å². The lowest BCUT2D eigenvalue weighted by Crippen LogP contribution is -2.01. The summed E-state index contributed by atoms with van der Waals surface area (Å²) in [6, 6.07) is 13.5. The minimum absolute atomic E-state index is 0.180. The zero-order valence-corrected chi connectivity index (χ0v) is 12.5. The Bertz CT molecular complexity index is 672. The van der Waals surface area contributed by atoms with E-state index in [1.807, 2.05) is 0 Å². The summed E-state index contributed by atoms with van der Waals surface area (Å²) in [6.45, 7) is 0. The van der Waals surface area contributed by atoms with Crippen molar-refractivity contribution in [1.29, 1.82) is 0 Å². The van der Waals surface area contributed by atoms with Crippen LogP contribution in [0.1, 0.15) is 17.5 Å². The molecule has 4 nitrogen and oxygen atoms in total. The molecule has 2 rings (SSSR count). The van der Waals surface area contributed by atoms with Gasteiger partial charge in [-0.3, -0.25) is 9.59 Å². The molecule has 0 aliphatic rings. The van der Waals surface area contributed by atoms with Gasteiger partial charge in [-0.2, -0.15) is 0 Å². The van der Waals surface area contributed by atoms with E-state index in [2.05, 4.69) is 0 Å². The van der Waals surface area contributed by atoms with Crippen molar-refractivity contribution in [2.45, 2.75) is 6.42 Å². The van der Waals surface area contributed by atoms with Crippen LogP contribution in [0.2, 0.25) is 0 Å². The summed E-state index contributed by atoms with van der Waals surface area (Å²) in [7, 11) is 0. The zero-order valence-electron chi connectivity index (χ0n) is 12.5. The average Bonchev–Trinajstić information content (AvgIpc) is 2.54. The highest BCUT2D eigenvalue weighted by Gasteiger charge is 2.03. The maximum atomic E-state index is 11.7. The number of hydrogen-bond donors (Lipinski definition) is 0. The van der Waals surface area contributed by atoms with Crippen LogP contribution in [0.4, 0.5) is 0 Å². The summed E-state index contributed by atoms with van der Waals surface area (Å²) in [5.41, 5.74) is 1.63. The molecule has 4 heteroatoms. The average molecular weight is 310 g/mol. The molecular weight excluding hydrogens is 292 g/mol. The van der Waals surface area contributed by atoms with Gasteiger partial charge in [-0.25, -0.2) is 0 Å². The molecule has 0 unspecified atom stereocenters. The topological polar surface area (TPSA) is 79.9 Å². The molecule has 0 spiro atoms. The van der Waals surface area contributed by atoms with Gasteiger partial charge < -0.3 is 10.2 Å². The molecule has 116 valence electrons. The summed E-state index contributed by atoms with van der Waals surface area (Å²) in [4.78, 5) is 23.5. The first-order chi connectivity index (χ1) is 11.0. The van der Waals surface area contributed by atoms with Crippen molar-refractivity contribution in [3.63, 3.8) is 0 Å². The van der Waals surface area contributed by atoms with Crippen molar-refractivity contribution in [2.75, 3.05) is 0 Å². The molecule has 0 fully saturated rings. The maximum absolute atomic E-state index is 11.7. The van der Waals surface area contributed by atoms with Crippen LogP contribution in [0.3, 0.4) is 0 Å². The standard InChI is InChI=1S/C19H16O4/c20-16-7-1-14(2-8-16)5-11-18(22)13-19(23)12-6-15-3-9-17(21)10-4-15/h1-12,20-21H,13H2/p+2/b11-5+,12-6+. The molecule has 0 radical (unpaired) electrons. The Morgan fingerprint density at radius 3 is 1.39 bits per heavy atom. The number of hydrogen-bond acceptors (Lipinski definition) is 2. The van der Waals surface area contributed by atoms with Crippen LogP contribution in [0.25, 0.3) is 12.2 Å². The third kappa shape index (κ3) is 5.63. The predicted octanol–water partition coefficient (Wildman–Crippen LogP) is 2.82. The van der Waals surface area contributed by atoms with Gasteiger partial charge in [0.15, 0.2) is 11.6 Å². The molecule has 4 N–H and O–H groups in total. The van der Waals surface area contributed by atoms with Crippen molar-refractivity contribution in [3.8, 4) is 11.5 Å². The molecule has 0 amide bonds. The summed E-state index contributed by atoms with van der Waals surface area (Å²) in [5, 5.41) is 14.8. The molecule has 23 heavy (non-hydrogen) atoms. The quantitative estimate of drug-likeness (QED) is 0.467. The third-order valence-electron chi connectivity index (χ3n) is 3.09. The number of allylic oxidation sites excluding steroid dienone is 2. The minimum atomic E-state index is -0.267. The molecule has 0 heterocycles. The Hall–Kier alpha value is -3.14. The van der Waals surface area contributed by atoms with Gasteiger partial charge in [0.1, 0.15) is 0 Å². The van der Waals surface area contributed by atoms with E-state index in [1.54, 1.807) is 60.7 Å². The molecule has 0 aliphatic carbocycles. The van der Waals surface area contributed by atoms with E-state index < -0.39 is 0 Å². The summed E-state index contributed by atoms with van der Waals surface area (Å²) >= 11 is 0. The molecule has 0 atom stereocenters. The summed E-state index contributed by atoms with van der Waals surface area (Å²) in [6.07, 6.45) is 5.83. The highest BCUT2D eigenvalue weighted by Crippen LogP contribution is 2.12. The van der Waals surface area contributed by atoms with Crippen LogP contribution < -0.4 is 0 Å². The lowest BCUT2D eigenvalue weighted by atomic mass is 10.1. The van der Waals surface area contributed by atoms with Crippen LogP contribution in [0, 0.1) is 0 Å². The third-order valence-corrected chi connectivity index (χ3v) is 3.09. The molecule has 0 bridgehead atoms. The number of carbonyl (C=O) groups excluding carboxylic acids is 2. The number of benzene rings is 2. The van der Waals surface area contributed by atoms with Crippen molar-refractivity contribution in [2.24, 2.45) is 0 Å². The Morgan fingerprint density at radius 1 is 0.696 bits per heavy atom. The van der Waals surface area contributed by atoms with Crippen molar-refractivity contribution < 1.29 is 19.8 Å². The normalized spacial score (nSPS) is 11.1. The molecule has 0 aromatic heterocycles. The molecule has 2 aromatic rings. The van der Waals surface area contributed by atoms with Gasteiger partial charge >= 0.3 is 0 Å². The van der Waals surface area contributed by atoms with Gasteiger partial charge in [0, 0.05) is 24.3 Å². The van der Waals surface area contributed by atoms with Gasteiger partial charge in [0.05, 0.1) is 6.42 Å². The number of carbonyl (C=O) groups is 2. The second-order valence-electron chi connectivity index (χ2n) is 5.02. The van der Waals surface area contributed by atoms with Gasteiger partial charge in [-0.1, -0.05) is 12.2 Å². The van der Waals surface area contributed by atoms with E-state index in [0.29, 0.717) is 11.5 Å². The van der Waals surface area contributed by atoms with Crippen LogP contribution in [-0.4, -0.2) is 21.8 Å². The summed E-state index contributed by atoms with van der Waals surface area (Å²) in [5.74, 6) is 0.284. The van der Waals surface area contributed by atoms with Crippen LogP contribution in [0.15, 0.2) is 60.7 Å². The van der Waals surface area contributed by atoms with Crippen LogP contribution in [0.5, 0.6) is 11.5 Å². The Morgan fingerprint density at radius 2 is 1.04 bits per heavy atom. The first-order valence-corrected chi connectivity index (χ1v) is 7.08. The van der Waals surface area contributed by atoms with Crippen LogP contribution in [-0.2, 0) is 9.59 Å². The monoisotopic (exact) mass is 310 g/mol. The largest absolute Gasteiger partial charge is 0.593 e. The SMILES string of the molecule is O=C(/C=C/c1ccc([OH2+])cc1)CC(=O)/C=C/c1ccc([OH2+])cc1. The highest BCUT2D eigenvalue weighted by molar-refractivity contribution is 6.10. The van der Waals surface area contributed by atoms with Gasteiger partial charge in [-0.05, 0) is 47.5 Å². The van der Waals surface area contributed by atoms with E-state index in [9.17, 15) is 9.59 Å². The fraction of sp³-hybridized carbons (Fsp3) is 0.0526. The Kier molecular flexibility index (Phi) is 5.47. The first-order valence-electron chi connectivity index (χ1n) is 7.08. The second kappa shape index (κ2) is 7.75. The number of rotatable bonds is 6. The van der Waals surface area contributed by atoms with E-state index in [-0.39, 0.29) is 18.0 Å². The second-order valence-corrected chi connectivity index (χ2v) is 5.02. The van der Waals surface area contributed by atoms with E-state index >= 15 is 0 Å².